The molecular formula is C23H19N3O4S. The second kappa shape index (κ2) is 8.23. The van der Waals surface area contributed by atoms with E-state index in [-0.39, 0.29) is 11.6 Å². The summed E-state index contributed by atoms with van der Waals surface area (Å²) in [5.74, 6) is 0.531. The van der Waals surface area contributed by atoms with Crippen molar-refractivity contribution in [2.24, 2.45) is 4.99 Å². The van der Waals surface area contributed by atoms with Gasteiger partial charge in [-0.05, 0) is 73.5 Å². The molecule has 2 aromatic carbocycles. The van der Waals surface area contributed by atoms with Crippen LogP contribution in [0.15, 0.2) is 62.8 Å². The highest BCUT2D eigenvalue weighted by molar-refractivity contribution is 8.18. The summed E-state index contributed by atoms with van der Waals surface area (Å²) in [7, 11) is 0. The maximum absolute atomic E-state index is 12.4. The van der Waals surface area contributed by atoms with E-state index in [9.17, 15) is 14.9 Å². The highest BCUT2D eigenvalue weighted by Gasteiger charge is 2.25. The first-order valence-electron chi connectivity index (χ1n) is 9.53. The number of furan rings is 1. The van der Waals surface area contributed by atoms with Gasteiger partial charge in [-0.3, -0.25) is 14.9 Å². The van der Waals surface area contributed by atoms with Crippen molar-refractivity contribution in [1.82, 2.24) is 5.32 Å². The lowest BCUT2D eigenvalue weighted by Gasteiger charge is -2.04. The molecule has 4 rings (SSSR count). The van der Waals surface area contributed by atoms with Crippen molar-refractivity contribution in [3.05, 3.63) is 86.0 Å². The summed E-state index contributed by atoms with van der Waals surface area (Å²) >= 11 is 1.22. The van der Waals surface area contributed by atoms with Crippen LogP contribution in [0.4, 0.5) is 11.4 Å². The number of carbonyl (C=O) groups is 1. The average molecular weight is 433 g/mol. The van der Waals surface area contributed by atoms with Gasteiger partial charge in [-0.25, -0.2) is 4.99 Å². The van der Waals surface area contributed by atoms with Crippen molar-refractivity contribution >= 4 is 40.3 Å². The summed E-state index contributed by atoms with van der Waals surface area (Å²) in [6.45, 7) is 5.67. The first-order chi connectivity index (χ1) is 14.8. The number of amides is 1. The van der Waals surface area contributed by atoms with Crippen molar-refractivity contribution in [3.63, 3.8) is 0 Å². The molecule has 2 heterocycles. The number of para-hydroxylation sites is 1. The van der Waals surface area contributed by atoms with Gasteiger partial charge in [0.2, 0.25) is 0 Å². The van der Waals surface area contributed by atoms with Crippen LogP contribution >= 0.6 is 11.8 Å². The van der Waals surface area contributed by atoms with Gasteiger partial charge in [0.15, 0.2) is 5.17 Å². The monoisotopic (exact) mass is 433 g/mol. The van der Waals surface area contributed by atoms with Crippen LogP contribution in [0, 0.1) is 30.9 Å². The van der Waals surface area contributed by atoms with Gasteiger partial charge in [0.1, 0.15) is 11.5 Å². The van der Waals surface area contributed by atoms with E-state index in [1.54, 1.807) is 30.3 Å². The van der Waals surface area contributed by atoms with E-state index in [1.807, 2.05) is 45.0 Å². The minimum Gasteiger partial charge on any atom is -0.456 e. The van der Waals surface area contributed by atoms with E-state index >= 15 is 0 Å². The van der Waals surface area contributed by atoms with E-state index in [0.717, 1.165) is 22.4 Å². The fraction of sp³-hybridized carbons (Fsp3) is 0.130. The van der Waals surface area contributed by atoms with Gasteiger partial charge in [0.05, 0.1) is 21.1 Å². The lowest BCUT2D eigenvalue weighted by atomic mass is 10.0. The van der Waals surface area contributed by atoms with Crippen LogP contribution in [0.1, 0.15) is 22.5 Å². The quantitative estimate of drug-likeness (QED) is 0.325. The number of aryl methyl sites for hydroxylation is 3. The second-order valence-corrected chi connectivity index (χ2v) is 8.21. The third kappa shape index (κ3) is 4.29. The highest BCUT2D eigenvalue weighted by Crippen LogP contribution is 2.35. The molecule has 3 aromatic rings. The molecule has 0 radical (unpaired) electrons. The lowest BCUT2D eigenvalue weighted by Crippen LogP contribution is -2.19. The average Bonchev–Trinajstić information content (AvgIpc) is 3.32. The fourth-order valence-corrected chi connectivity index (χ4v) is 3.95. The smallest absolute Gasteiger partial charge is 0.280 e. The zero-order valence-electron chi connectivity index (χ0n) is 17.1. The number of aliphatic imine (C=N–C) groups is 1. The molecule has 156 valence electrons. The number of amidine groups is 1. The third-order valence-electron chi connectivity index (χ3n) is 4.96. The summed E-state index contributed by atoms with van der Waals surface area (Å²) in [6, 6.07) is 14.3. The number of rotatable bonds is 4. The Morgan fingerprint density at radius 3 is 2.55 bits per heavy atom. The van der Waals surface area contributed by atoms with E-state index < -0.39 is 4.92 Å². The molecule has 0 bridgehead atoms. The largest absolute Gasteiger partial charge is 0.456 e. The zero-order valence-corrected chi connectivity index (χ0v) is 17.9. The molecule has 0 aliphatic carbocycles. The molecule has 31 heavy (non-hydrogen) atoms. The zero-order chi connectivity index (χ0) is 22.1. The number of carbonyl (C=O) groups excluding carboxylic acids is 1. The molecule has 0 unspecified atom stereocenters. The van der Waals surface area contributed by atoms with Crippen LogP contribution in [-0.4, -0.2) is 16.0 Å². The van der Waals surface area contributed by atoms with Crippen molar-refractivity contribution in [3.8, 4) is 11.3 Å². The van der Waals surface area contributed by atoms with Crippen molar-refractivity contribution in [1.29, 1.82) is 0 Å². The van der Waals surface area contributed by atoms with E-state index in [4.69, 9.17) is 4.42 Å². The molecule has 1 N–H and O–H groups in total. The van der Waals surface area contributed by atoms with Crippen molar-refractivity contribution < 1.29 is 14.1 Å². The van der Waals surface area contributed by atoms with E-state index in [0.29, 0.717) is 27.2 Å². The predicted octanol–water partition coefficient (Wildman–Crippen LogP) is 5.67. The molecule has 1 saturated heterocycles. The molecule has 1 amide bonds. The molecule has 1 aliphatic rings. The molecule has 0 spiro atoms. The minimum atomic E-state index is -0.420. The Morgan fingerprint density at radius 1 is 1.06 bits per heavy atom. The van der Waals surface area contributed by atoms with Crippen LogP contribution in [0.3, 0.4) is 0 Å². The van der Waals surface area contributed by atoms with Crippen molar-refractivity contribution in [2.75, 3.05) is 0 Å². The van der Waals surface area contributed by atoms with Gasteiger partial charge in [0, 0.05) is 12.1 Å². The number of hydrogen-bond donors (Lipinski definition) is 1. The Labute approximate surface area is 183 Å². The first kappa shape index (κ1) is 20.6. The van der Waals surface area contributed by atoms with Gasteiger partial charge in [0.25, 0.3) is 11.6 Å². The molecular weight excluding hydrogens is 414 g/mol. The Bertz CT molecular complexity index is 1270. The maximum atomic E-state index is 12.4. The molecule has 1 aliphatic heterocycles. The number of nitro groups is 1. The van der Waals surface area contributed by atoms with Crippen LogP contribution in [0.2, 0.25) is 0 Å². The fourth-order valence-electron chi connectivity index (χ4n) is 3.13. The Hall–Kier alpha value is -3.65. The summed E-state index contributed by atoms with van der Waals surface area (Å²) < 4.78 is 5.82. The van der Waals surface area contributed by atoms with Gasteiger partial charge < -0.3 is 9.73 Å². The van der Waals surface area contributed by atoms with Crippen LogP contribution in [-0.2, 0) is 4.79 Å². The van der Waals surface area contributed by atoms with Gasteiger partial charge in [-0.15, -0.1) is 0 Å². The van der Waals surface area contributed by atoms with Crippen LogP contribution in [0.5, 0.6) is 0 Å². The number of nitrogens with one attached hydrogen (secondary N) is 1. The van der Waals surface area contributed by atoms with E-state index in [2.05, 4.69) is 10.3 Å². The van der Waals surface area contributed by atoms with E-state index in [1.165, 1.54) is 11.8 Å². The molecule has 0 atom stereocenters. The number of nitro benzene ring substituents is 1. The summed E-state index contributed by atoms with van der Waals surface area (Å²) in [6.07, 6.45) is 1.61. The molecule has 1 aromatic heterocycles. The Kier molecular flexibility index (Phi) is 5.48. The first-order valence-corrected chi connectivity index (χ1v) is 10.3. The summed E-state index contributed by atoms with van der Waals surface area (Å²) in [5.41, 5.74) is 3.95. The van der Waals surface area contributed by atoms with Gasteiger partial charge >= 0.3 is 0 Å². The predicted molar refractivity (Wildman–Crippen MR) is 122 cm³/mol. The highest BCUT2D eigenvalue weighted by atomic mass is 32.2. The SMILES string of the molecule is Cc1cc(-c2ccc(C=C3SC(=Nc4ccccc4C)NC3=O)o2)c([N+](=O)[O-])cc1C. The van der Waals surface area contributed by atoms with Gasteiger partial charge in [-0.1, -0.05) is 18.2 Å². The minimum absolute atomic E-state index is 0.0164. The number of benzene rings is 2. The topological polar surface area (TPSA) is 97.7 Å². The van der Waals surface area contributed by atoms with Crippen LogP contribution in [0.25, 0.3) is 17.4 Å². The number of hydrogen-bond acceptors (Lipinski definition) is 6. The third-order valence-corrected chi connectivity index (χ3v) is 5.87. The van der Waals surface area contributed by atoms with Crippen LogP contribution < -0.4 is 5.32 Å². The Balaban J connectivity index is 1.62. The summed E-state index contributed by atoms with van der Waals surface area (Å²) in [4.78, 5) is 28.4. The standard InChI is InChI=1S/C23H19N3O4S/c1-13-6-4-5-7-18(13)24-23-25-22(27)21(31-23)12-16-8-9-20(30-16)17-10-14(2)15(3)11-19(17)26(28)29/h4-12H,1-3H3,(H,24,25,27). The molecule has 7 nitrogen and oxygen atoms in total. The maximum Gasteiger partial charge on any atom is 0.280 e. The molecule has 0 saturated carbocycles. The molecule has 1 fully saturated rings. The number of thioether (sulfide) groups is 1. The van der Waals surface area contributed by atoms with Crippen molar-refractivity contribution in [2.45, 2.75) is 20.8 Å². The summed E-state index contributed by atoms with van der Waals surface area (Å²) in [5, 5.41) is 14.7. The number of nitrogens with zero attached hydrogens (tertiary/aromatic N) is 2. The van der Waals surface area contributed by atoms with Gasteiger partial charge in [-0.2, -0.15) is 0 Å². The second-order valence-electron chi connectivity index (χ2n) is 7.18. The molecule has 8 heteroatoms. The lowest BCUT2D eigenvalue weighted by molar-refractivity contribution is -0.384. The normalized spacial score (nSPS) is 16.2. The Morgan fingerprint density at radius 2 is 1.81 bits per heavy atom.